The van der Waals surface area contributed by atoms with Gasteiger partial charge >= 0.3 is 0 Å². The van der Waals surface area contributed by atoms with E-state index in [2.05, 4.69) is 22.8 Å². The molecular formula is C19H25N3O3. The lowest BCUT2D eigenvalue weighted by Crippen LogP contribution is -2.41. The van der Waals surface area contributed by atoms with E-state index < -0.39 is 0 Å². The number of carbonyl (C=O) groups is 3. The number of hydrogen-bond donors (Lipinski definition) is 2. The minimum atomic E-state index is -0.107. The van der Waals surface area contributed by atoms with E-state index in [9.17, 15) is 14.4 Å². The maximum atomic E-state index is 12.4. The van der Waals surface area contributed by atoms with Crippen LogP contribution in [-0.4, -0.2) is 47.8 Å². The molecule has 6 nitrogen and oxygen atoms in total. The molecule has 0 spiro atoms. The molecule has 134 valence electrons. The van der Waals surface area contributed by atoms with Gasteiger partial charge in [-0.3, -0.25) is 14.4 Å². The van der Waals surface area contributed by atoms with Gasteiger partial charge in [-0.1, -0.05) is 24.3 Å². The zero-order valence-corrected chi connectivity index (χ0v) is 14.6. The number of nitrogens with zero attached hydrogens (tertiary/aromatic N) is 1. The third kappa shape index (κ3) is 4.38. The lowest BCUT2D eigenvalue weighted by Gasteiger charge is -2.24. The van der Waals surface area contributed by atoms with E-state index in [-0.39, 0.29) is 29.8 Å². The molecule has 6 heteroatoms. The summed E-state index contributed by atoms with van der Waals surface area (Å²) < 4.78 is 0. The van der Waals surface area contributed by atoms with Crippen molar-refractivity contribution in [2.24, 2.45) is 0 Å². The van der Waals surface area contributed by atoms with Crippen LogP contribution < -0.4 is 10.6 Å². The summed E-state index contributed by atoms with van der Waals surface area (Å²) >= 11 is 0. The lowest BCUT2D eigenvalue weighted by atomic mass is 10.1. The number of nitrogens with one attached hydrogen (secondary N) is 2. The van der Waals surface area contributed by atoms with Crippen LogP contribution in [0.15, 0.2) is 24.3 Å². The molecule has 0 aromatic heterocycles. The lowest BCUT2D eigenvalue weighted by molar-refractivity contribution is -0.129. The van der Waals surface area contributed by atoms with Crippen molar-refractivity contribution < 1.29 is 14.4 Å². The number of benzene rings is 1. The third-order valence-corrected chi connectivity index (χ3v) is 4.95. The van der Waals surface area contributed by atoms with Crippen molar-refractivity contribution in [2.75, 3.05) is 13.1 Å². The fourth-order valence-electron chi connectivity index (χ4n) is 3.75. The second kappa shape index (κ2) is 7.68. The van der Waals surface area contributed by atoms with E-state index >= 15 is 0 Å². The van der Waals surface area contributed by atoms with E-state index in [1.165, 1.54) is 18.1 Å². The van der Waals surface area contributed by atoms with Gasteiger partial charge in [-0.15, -0.1) is 0 Å². The largest absolute Gasteiger partial charge is 0.356 e. The maximum Gasteiger partial charge on any atom is 0.225 e. The Hall–Kier alpha value is -2.37. The van der Waals surface area contributed by atoms with Gasteiger partial charge in [-0.05, 0) is 30.4 Å². The zero-order chi connectivity index (χ0) is 17.8. The highest BCUT2D eigenvalue weighted by molar-refractivity contribution is 5.82. The number of fused-ring (bicyclic) bond motifs is 1. The van der Waals surface area contributed by atoms with E-state index in [1.807, 2.05) is 17.0 Å². The van der Waals surface area contributed by atoms with Gasteiger partial charge in [0.25, 0.3) is 0 Å². The van der Waals surface area contributed by atoms with Gasteiger partial charge in [0.15, 0.2) is 0 Å². The van der Waals surface area contributed by atoms with Gasteiger partial charge in [0.05, 0.1) is 6.04 Å². The SMILES string of the molecule is CC(=O)NCCCC(=O)N[C@H]1CC(=O)N(C2Cc3ccccc3C2)C1. The van der Waals surface area contributed by atoms with Crippen LogP contribution in [0, 0.1) is 0 Å². The predicted octanol–water partition coefficient (Wildman–Crippen LogP) is 0.787. The molecule has 1 aromatic carbocycles. The molecular weight excluding hydrogens is 318 g/mol. The van der Waals surface area contributed by atoms with Crippen molar-refractivity contribution in [1.82, 2.24) is 15.5 Å². The minimum absolute atomic E-state index is 0.0558. The topological polar surface area (TPSA) is 78.5 Å². The van der Waals surface area contributed by atoms with Crippen LogP contribution in [0.3, 0.4) is 0 Å². The second-order valence-corrected chi connectivity index (χ2v) is 6.93. The first-order valence-corrected chi connectivity index (χ1v) is 8.93. The highest BCUT2D eigenvalue weighted by atomic mass is 16.2. The Bertz CT molecular complexity index is 649. The van der Waals surface area contributed by atoms with Gasteiger partial charge in [0.1, 0.15) is 0 Å². The Balaban J connectivity index is 1.45. The first-order chi connectivity index (χ1) is 12.0. The quantitative estimate of drug-likeness (QED) is 0.750. The molecule has 0 saturated carbocycles. The molecule has 1 heterocycles. The van der Waals surface area contributed by atoms with Crippen molar-refractivity contribution in [2.45, 2.75) is 51.1 Å². The molecule has 1 fully saturated rings. The molecule has 25 heavy (non-hydrogen) atoms. The Morgan fingerprint density at radius 1 is 1.16 bits per heavy atom. The van der Waals surface area contributed by atoms with Crippen LogP contribution in [-0.2, 0) is 27.2 Å². The monoisotopic (exact) mass is 343 g/mol. The normalized spacial score (nSPS) is 19.8. The van der Waals surface area contributed by atoms with E-state index in [0.717, 1.165) is 12.8 Å². The molecule has 1 saturated heterocycles. The van der Waals surface area contributed by atoms with Crippen molar-refractivity contribution >= 4 is 17.7 Å². The minimum Gasteiger partial charge on any atom is -0.356 e. The average Bonchev–Trinajstić information content (AvgIpc) is 3.14. The van der Waals surface area contributed by atoms with E-state index in [1.54, 1.807) is 0 Å². The summed E-state index contributed by atoms with van der Waals surface area (Å²) in [4.78, 5) is 37.1. The number of carbonyl (C=O) groups excluding carboxylic acids is 3. The summed E-state index contributed by atoms with van der Waals surface area (Å²) in [6.07, 6.45) is 3.15. The van der Waals surface area contributed by atoms with Crippen molar-refractivity contribution in [3.63, 3.8) is 0 Å². The zero-order valence-electron chi connectivity index (χ0n) is 14.6. The van der Waals surface area contributed by atoms with Crippen molar-refractivity contribution in [3.8, 4) is 0 Å². The molecule has 2 aliphatic rings. The summed E-state index contributed by atoms with van der Waals surface area (Å²) in [6, 6.07) is 8.44. The highest BCUT2D eigenvalue weighted by Gasteiger charge is 2.37. The van der Waals surface area contributed by atoms with Gasteiger partial charge in [0, 0.05) is 38.9 Å². The molecule has 0 radical (unpaired) electrons. The molecule has 1 aliphatic carbocycles. The van der Waals surface area contributed by atoms with Crippen LogP contribution in [0.1, 0.15) is 37.3 Å². The summed E-state index contributed by atoms with van der Waals surface area (Å²) in [6.45, 7) is 2.55. The molecule has 3 amide bonds. The summed E-state index contributed by atoms with van der Waals surface area (Å²) in [7, 11) is 0. The number of rotatable bonds is 6. The molecule has 1 atom stereocenters. The van der Waals surface area contributed by atoms with Crippen LogP contribution >= 0.6 is 0 Å². The Kier molecular flexibility index (Phi) is 5.36. The van der Waals surface area contributed by atoms with E-state index in [0.29, 0.717) is 32.4 Å². The second-order valence-electron chi connectivity index (χ2n) is 6.93. The molecule has 3 rings (SSSR count). The van der Waals surface area contributed by atoms with Crippen LogP contribution in [0.25, 0.3) is 0 Å². The fraction of sp³-hybridized carbons (Fsp3) is 0.526. The average molecular weight is 343 g/mol. The van der Waals surface area contributed by atoms with Gasteiger partial charge < -0.3 is 15.5 Å². The van der Waals surface area contributed by atoms with Crippen LogP contribution in [0.4, 0.5) is 0 Å². The number of hydrogen-bond acceptors (Lipinski definition) is 3. The third-order valence-electron chi connectivity index (χ3n) is 4.95. The number of likely N-dealkylation sites (tertiary alicyclic amines) is 1. The van der Waals surface area contributed by atoms with Gasteiger partial charge in [-0.25, -0.2) is 0 Å². The summed E-state index contributed by atoms with van der Waals surface area (Å²) in [5, 5.41) is 5.63. The van der Waals surface area contributed by atoms with Crippen molar-refractivity contribution in [1.29, 1.82) is 0 Å². The Morgan fingerprint density at radius 3 is 2.48 bits per heavy atom. The smallest absolute Gasteiger partial charge is 0.225 e. The molecule has 1 aliphatic heterocycles. The standard InChI is InChI=1S/C19H25N3O3/c1-13(23)20-8-4-7-18(24)21-16-11-19(25)22(12-16)17-9-14-5-2-3-6-15(14)10-17/h2-3,5-6,16-17H,4,7-12H2,1H3,(H,20,23)(H,21,24)/t16-/m0/s1. The van der Waals surface area contributed by atoms with Crippen LogP contribution in [0.5, 0.6) is 0 Å². The molecule has 0 bridgehead atoms. The van der Waals surface area contributed by atoms with Gasteiger partial charge in [-0.2, -0.15) is 0 Å². The first kappa shape index (κ1) is 17.5. The van der Waals surface area contributed by atoms with Crippen LogP contribution in [0.2, 0.25) is 0 Å². The molecule has 2 N–H and O–H groups in total. The number of amides is 3. The van der Waals surface area contributed by atoms with Crippen molar-refractivity contribution in [3.05, 3.63) is 35.4 Å². The first-order valence-electron chi connectivity index (χ1n) is 8.93. The summed E-state index contributed by atoms with van der Waals surface area (Å²) in [5.74, 6) is -0.0175. The predicted molar refractivity (Wildman–Crippen MR) is 93.8 cm³/mol. The highest BCUT2D eigenvalue weighted by Crippen LogP contribution is 2.28. The molecule has 0 unspecified atom stereocenters. The molecule has 1 aromatic rings. The Morgan fingerprint density at radius 2 is 1.84 bits per heavy atom. The van der Waals surface area contributed by atoms with Gasteiger partial charge in [0.2, 0.25) is 17.7 Å². The van der Waals surface area contributed by atoms with E-state index in [4.69, 9.17) is 0 Å². The maximum absolute atomic E-state index is 12.4. The summed E-state index contributed by atoms with van der Waals surface area (Å²) in [5.41, 5.74) is 2.65. The Labute approximate surface area is 148 Å². The fourth-order valence-corrected chi connectivity index (χ4v) is 3.75.